The number of hydrogen-bond donors (Lipinski definition) is 2. The van der Waals surface area contributed by atoms with Crippen LogP contribution in [0.3, 0.4) is 0 Å². The molecular weight excluding hydrogens is 216 g/mol. The largest absolute Gasteiger partial charge is 0.480 e. The number of hydrogen-bond acceptors (Lipinski definition) is 2. The Kier molecular flexibility index (Phi) is 2.90. The Morgan fingerprint density at radius 1 is 1.53 bits per heavy atom. The maximum atomic E-state index is 11.0. The third-order valence-corrected chi connectivity index (χ3v) is 3.01. The second-order valence-corrected chi connectivity index (χ2v) is 4.21. The summed E-state index contributed by atoms with van der Waals surface area (Å²) in [6.45, 7) is 4.81. The first-order valence-corrected chi connectivity index (χ1v) is 5.62. The monoisotopic (exact) mass is 232 g/mol. The molecule has 3 N–H and O–H groups in total. The molecule has 0 amide bonds. The molecule has 0 aliphatic heterocycles. The van der Waals surface area contributed by atoms with Gasteiger partial charge in [0.2, 0.25) is 0 Å². The molecule has 0 saturated carbocycles. The lowest BCUT2D eigenvalue weighted by atomic mass is 10.1. The summed E-state index contributed by atoms with van der Waals surface area (Å²) in [5, 5.41) is 9.94. The number of aliphatic carboxylic acids is 1. The Morgan fingerprint density at radius 3 is 2.82 bits per heavy atom. The van der Waals surface area contributed by atoms with Gasteiger partial charge in [0.05, 0.1) is 0 Å². The van der Waals surface area contributed by atoms with E-state index in [2.05, 4.69) is 0 Å². The van der Waals surface area contributed by atoms with E-state index in [1.54, 1.807) is 0 Å². The molecule has 0 aliphatic rings. The molecule has 90 valence electrons. The second-order valence-electron chi connectivity index (χ2n) is 4.21. The van der Waals surface area contributed by atoms with Crippen LogP contribution in [-0.4, -0.2) is 15.6 Å². The number of fused-ring (bicyclic) bond motifs is 1. The molecular formula is C13H16N2O2. The number of aromatic nitrogens is 1. The predicted molar refractivity (Wildman–Crippen MR) is 66.9 cm³/mol. The highest BCUT2D eigenvalue weighted by atomic mass is 16.4. The Bertz CT molecular complexity index is 572. The van der Waals surface area contributed by atoms with Gasteiger partial charge in [-0.1, -0.05) is 11.6 Å². The first-order valence-electron chi connectivity index (χ1n) is 5.62. The van der Waals surface area contributed by atoms with Crippen LogP contribution in [-0.2, 0) is 11.3 Å². The fourth-order valence-corrected chi connectivity index (χ4v) is 2.08. The van der Waals surface area contributed by atoms with Crippen molar-refractivity contribution in [3.05, 3.63) is 35.5 Å². The maximum absolute atomic E-state index is 11.0. The molecule has 2 aromatic rings. The highest BCUT2D eigenvalue weighted by molar-refractivity contribution is 5.90. The zero-order chi connectivity index (χ0) is 12.6. The van der Waals surface area contributed by atoms with Crippen molar-refractivity contribution >= 4 is 16.9 Å². The molecule has 4 heteroatoms. The minimum absolute atomic E-state index is 0.679. The van der Waals surface area contributed by atoms with Gasteiger partial charge in [0.15, 0.2) is 0 Å². The average Bonchev–Trinajstić information content (AvgIpc) is 2.65. The number of carbonyl (C=O) groups is 1. The summed E-state index contributed by atoms with van der Waals surface area (Å²) < 4.78 is 2.02. The van der Waals surface area contributed by atoms with Crippen LogP contribution in [0.4, 0.5) is 0 Å². The van der Waals surface area contributed by atoms with Crippen LogP contribution in [0.2, 0.25) is 0 Å². The van der Waals surface area contributed by atoms with Gasteiger partial charge in [0, 0.05) is 29.2 Å². The molecule has 1 atom stereocenters. The lowest BCUT2D eigenvalue weighted by Gasteiger charge is -2.04. The second kappa shape index (κ2) is 4.22. The van der Waals surface area contributed by atoms with Gasteiger partial charge in [-0.05, 0) is 26.0 Å². The van der Waals surface area contributed by atoms with Gasteiger partial charge in [-0.15, -0.1) is 0 Å². The Morgan fingerprint density at radius 2 is 2.24 bits per heavy atom. The number of nitrogens with zero attached hydrogens (tertiary/aromatic N) is 1. The molecule has 0 bridgehead atoms. The van der Waals surface area contributed by atoms with Crippen LogP contribution in [0, 0.1) is 6.92 Å². The van der Waals surface area contributed by atoms with E-state index in [1.807, 2.05) is 42.8 Å². The van der Waals surface area contributed by atoms with E-state index in [0.29, 0.717) is 5.56 Å². The molecule has 0 radical (unpaired) electrons. The molecule has 2 rings (SSSR count). The van der Waals surface area contributed by atoms with Gasteiger partial charge < -0.3 is 15.4 Å². The molecule has 0 aliphatic carbocycles. The number of rotatable bonds is 3. The van der Waals surface area contributed by atoms with Crippen molar-refractivity contribution in [2.24, 2.45) is 5.73 Å². The SMILES string of the molecule is CCn1cc(C(N)C(=O)O)c2cc(C)ccc21. The summed E-state index contributed by atoms with van der Waals surface area (Å²) in [4.78, 5) is 11.0. The quantitative estimate of drug-likeness (QED) is 0.851. The summed E-state index contributed by atoms with van der Waals surface area (Å²) in [7, 11) is 0. The first-order chi connectivity index (χ1) is 8.04. The van der Waals surface area contributed by atoms with Crippen molar-refractivity contribution in [2.75, 3.05) is 0 Å². The molecule has 17 heavy (non-hydrogen) atoms. The average molecular weight is 232 g/mol. The normalized spacial score (nSPS) is 12.9. The Balaban J connectivity index is 2.70. The van der Waals surface area contributed by atoms with E-state index in [-0.39, 0.29) is 0 Å². The van der Waals surface area contributed by atoms with Crippen molar-refractivity contribution < 1.29 is 9.90 Å². The number of carboxylic acid groups (broad SMARTS) is 1. The third kappa shape index (κ3) is 1.91. The topological polar surface area (TPSA) is 68.2 Å². The van der Waals surface area contributed by atoms with Crippen LogP contribution in [0.1, 0.15) is 24.1 Å². The van der Waals surface area contributed by atoms with Gasteiger partial charge in [0.1, 0.15) is 6.04 Å². The number of carboxylic acids is 1. The van der Waals surface area contributed by atoms with Crippen LogP contribution < -0.4 is 5.73 Å². The van der Waals surface area contributed by atoms with E-state index in [1.165, 1.54) is 0 Å². The van der Waals surface area contributed by atoms with E-state index >= 15 is 0 Å². The fraction of sp³-hybridized carbons (Fsp3) is 0.308. The number of nitrogens with two attached hydrogens (primary N) is 1. The van der Waals surface area contributed by atoms with Crippen molar-refractivity contribution in [3.8, 4) is 0 Å². The lowest BCUT2D eigenvalue weighted by Crippen LogP contribution is -2.20. The van der Waals surface area contributed by atoms with E-state index in [4.69, 9.17) is 10.8 Å². The standard InChI is InChI=1S/C13H16N2O2/c1-3-15-7-10(12(14)13(16)17)9-6-8(2)4-5-11(9)15/h4-7,12H,3,14H2,1-2H3,(H,16,17). The van der Waals surface area contributed by atoms with Crippen LogP contribution in [0.25, 0.3) is 10.9 Å². The van der Waals surface area contributed by atoms with Crippen molar-refractivity contribution in [2.45, 2.75) is 26.4 Å². The zero-order valence-electron chi connectivity index (χ0n) is 9.97. The smallest absolute Gasteiger partial charge is 0.325 e. The highest BCUT2D eigenvalue weighted by Gasteiger charge is 2.19. The van der Waals surface area contributed by atoms with Gasteiger partial charge in [-0.2, -0.15) is 0 Å². The summed E-state index contributed by atoms with van der Waals surface area (Å²) in [6.07, 6.45) is 1.84. The molecule has 1 aromatic heterocycles. The van der Waals surface area contributed by atoms with Crippen LogP contribution in [0.15, 0.2) is 24.4 Å². The van der Waals surface area contributed by atoms with Crippen LogP contribution >= 0.6 is 0 Å². The summed E-state index contributed by atoms with van der Waals surface area (Å²) >= 11 is 0. The van der Waals surface area contributed by atoms with Crippen LogP contribution in [0.5, 0.6) is 0 Å². The van der Waals surface area contributed by atoms with Crippen molar-refractivity contribution in [1.82, 2.24) is 4.57 Å². The third-order valence-electron chi connectivity index (χ3n) is 3.01. The minimum Gasteiger partial charge on any atom is -0.480 e. The lowest BCUT2D eigenvalue weighted by molar-refractivity contribution is -0.138. The van der Waals surface area contributed by atoms with Gasteiger partial charge in [-0.3, -0.25) is 4.79 Å². The molecule has 1 heterocycles. The molecule has 0 fully saturated rings. The Hall–Kier alpha value is -1.81. The molecule has 1 aromatic carbocycles. The highest BCUT2D eigenvalue weighted by Crippen LogP contribution is 2.26. The maximum Gasteiger partial charge on any atom is 0.325 e. The molecule has 0 spiro atoms. The minimum atomic E-state index is -0.998. The predicted octanol–water partition coefficient (Wildman–Crippen LogP) is 2.05. The molecule has 1 unspecified atom stereocenters. The van der Waals surface area contributed by atoms with Gasteiger partial charge in [-0.25, -0.2) is 0 Å². The summed E-state index contributed by atoms with van der Waals surface area (Å²) in [5.41, 5.74) is 8.52. The van der Waals surface area contributed by atoms with Crippen molar-refractivity contribution in [3.63, 3.8) is 0 Å². The molecule has 4 nitrogen and oxygen atoms in total. The fourth-order valence-electron chi connectivity index (χ4n) is 2.08. The van der Waals surface area contributed by atoms with E-state index in [9.17, 15) is 4.79 Å². The molecule has 0 saturated heterocycles. The summed E-state index contributed by atoms with van der Waals surface area (Å²) in [6, 6.07) is 5.04. The number of aryl methyl sites for hydroxylation is 2. The Labute approximate surface area is 99.7 Å². The zero-order valence-corrected chi connectivity index (χ0v) is 9.97. The van der Waals surface area contributed by atoms with Gasteiger partial charge >= 0.3 is 5.97 Å². The van der Waals surface area contributed by atoms with Gasteiger partial charge in [0.25, 0.3) is 0 Å². The first kappa shape index (κ1) is 11.7. The van der Waals surface area contributed by atoms with E-state index in [0.717, 1.165) is 23.0 Å². The van der Waals surface area contributed by atoms with E-state index < -0.39 is 12.0 Å². The van der Waals surface area contributed by atoms with Crippen molar-refractivity contribution in [1.29, 1.82) is 0 Å². The number of benzene rings is 1. The summed E-state index contributed by atoms with van der Waals surface area (Å²) in [5.74, 6) is -0.998.